The van der Waals surface area contributed by atoms with Crippen LogP contribution in [0.4, 0.5) is 0 Å². The van der Waals surface area contributed by atoms with Crippen molar-refractivity contribution in [2.24, 2.45) is 0 Å². The van der Waals surface area contributed by atoms with Gasteiger partial charge in [0.1, 0.15) is 0 Å². The fraction of sp³-hybridized carbons (Fsp3) is 0.538. The Morgan fingerprint density at radius 2 is 2.07 bits per heavy atom. The third kappa shape index (κ3) is 4.72. The first kappa shape index (κ1) is 12.6. The van der Waals surface area contributed by atoms with Gasteiger partial charge in [0, 0.05) is 12.6 Å². The molecule has 0 aliphatic rings. The fourth-order valence-electron chi connectivity index (χ4n) is 1.49. The SMILES string of the molecule is CSCCC(C)NCc1ccccc1C. The smallest absolute Gasteiger partial charge is 0.0210 e. The summed E-state index contributed by atoms with van der Waals surface area (Å²) in [5, 5.41) is 3.56. The minimum absolute atomic E-state index is 0.608. The number of benzene rings is 1. The van der Waals surface area contributed by atoms with Crippen molar-refractivity contribution in [1.29, 1.82) is 0 Å². The molecule has 84 valence electrons. The van der Waals surface area contributed by atoms with Gasteiger partial charge in [-0.1, -0.05) is 24.3 Å². The molecule has 0 radical (unpaired) electrons. The summed E-state index contributed by atoms with van der Waals surface area (Å²) in [6, 6.07) is 9.18. The molecule has 1 aromatic rings. The first-order chi connectivity index (χ1) is 7.24. The fourth-order valence-corrected chi connectivity index (χ4v) is 2.08. The van der Waals surface area contributed by atoms with E-state index in [9.17, 15) is 0 Å². The maximum absolute atomic E-state index is 3.56. The molecule has 0 amide bonds. The predicted molar refractivity (Wildman–Crippen MR) is 70.5 cm³/mol. The summed E-state index contributed by atoms with van der Waals surface area (Å²) in [5.41, 5.74) is 2.79. The number of aryl methyl sites for hydroxylation is 1. The number of hydrogen-bond donors (Lipinski definition) is 1. The van der Waals surface area contributed by atoms with Gasteiger partial charge in [-0.3, -0.25) is 0 Å². The lowest BCUT2D eigenvalue weighted by molar-refractivity contribution is 0.536. The van der Waals surface area contributed by atoms with E-state index in [1.165, 1.54) is 23.3 Å². The van der Waals surface area contributed by atoms with E-state index in [0.29, 0.717) is 6.04 Å². The van der Waals surface area contributed by atoms with Gasteiger partial charge in [0.25, 0.3) is 0 Å². The highest BCUT2D eigenvalue weighted by atomic mass is 32.2. The Balaban J connectivity index is 2.33. The molecule has 1 rings (SSSR count). The highest BCUT2D eigenvalue weighted by Gasteiger charge is 2.01. The van der Waals surface area contributed by atoms with Crippen molar-refractivity contribution in [2.45, 2.75) is 32.9 Å². The molecule has 0 fully saturated rings. The molecule has 0 saturated heterocycles. The quantitative estimate of drug-likeness (QED) is 0.794. The van der Waals surface area contributed by atoms with E-state index in [4.69, 9.17) is 0 Å². The van der Waals surface area contributed by atoms with Crippen molar-refractivity contribution in [3.05, 3.63) is 35.4 Å². The average Bonchev–Trinajstić information content (AvgIpc) is 2.25. The molecule has 0 bridgehead atoms. The van der Waals surface area contributed by atoms with Crippen LogP contribution < -0.4 is 5.32 Å². The van der Waals surface area contributed by atoms with Crippen LogP contribution in [0.2, 0.25) is 0 Å². The lowest BCUT2D eigenvalue weighted by atomic mass is 10.1. The van der Waals surface area contributed by atoms with Crippen LogP contribution >= 0.6 is 11.8 Å². The average molecular weight is 223 g/mol. The van der Waals surface area contributed by atoms with E-state index in [-0.39, 0.29) is 0 Å². The molecule has 1 N–H and O–H groups in total. The van der Waals surface area contributed by atoms with Crippen molar-refractivity contribution < 1.29 is 0 Å². The molecule has 2 heteroatoms. The Morgan fingerprint density at radius 1 is 1.33 bits per heavy atom. The van der Waals surface area contributed by atoms with Crippen LogP contribution in [0.25, 0.3) is 0 Å². The van der Waals surface area contributed by atoms with Gasteiger partial charge in [-0.15, -0.1) is 0 Å². The Bertz CT molecular complexity index is 286. The summed E-state index contributed by atoms with van der Waals surface area (Å²) in [7, 11) is 0. The largest absolute Gasteiger partial charge is 0.310 e. The Morgan fingerprint density at radius 3 is 2.73 bits per heavy atom. The zero-order chi connectivity index (χ0) is 11.1. The van der Waals surface area contributed by atoms with Crippen molar-refractivity contribution in [2.75, 3.05) is 12.0 Å². The van der Waals surface area contributed by atoms with Crippen LogP contribution in [0, 0.1) is 6.92 Å². The zero-order valence-corrected chi connectivity index (χ0v) is 10.7. The monoisotopic (exact) mass is 223 g/mol. The van der Waals surface area contributed by atoms with Gasteiger partial charge in [0.05, 0.1) is 0 Å². The summed E-state index contributed by atoms with van der Waals surface area (Å²) in [6.07, 6.45) is 3.40. The standard InChI is InChI=1S/C13H21NS/c1-11-6-4-5-7-13(11)10-14-12(2)8-9-15-3/h4-7,12,14H,8-10H2,1-3H3. The third-order valence-electron chi connectivity index (χ3n) is 2.66. The number of rotatable bonds is 6. The predicted octanol–water partition coefficient (Wildman–Crippen LogP) is 3.23. The second-order valence-corrected chi connectivity index (χ2v) is 4.98. The Kier molecular flexibility index (Phi) is 5.81. The summed E-state index contributed by atoms with van der Waals surface area (Å²) in [6.45, 7) is 5.42. The molecule has 0 aliphatic carbocycles. The Hall–Kier alpha value is -0.470. The van der Waals surface area contributed by atoms with Crippen LogP contribution in [0.15, 0.2) is 24.3 Å². The molecule has 15 heavy (non-hydrogen) atoms. The Labute approximate surface area is 97.7 Å². The van der Waals surface area contributed by atoms with Gasteiger partial charge < -0.3 is 5.32 Å². The molecular weight excluding hydrogens is 202 g/mol. The molecule has 0 aromatic heterocycles. The zero-order valence-electron chi connectivity index (χ0n) is 9.92. The minimum atomic E-state index is 0.608. The van der Waals surface area contributed by atoms with E-state index >= 15 is 0 Å². The summed E-state index contributed by atoms with van der Waals surface area (Å²) < 4.78 is 0. The van der Waals surface area contributed by atoms with E-state index in [1.54, 1.807) is 0 Å². The highest BCUT2D eigenvalue weighted by molar-refractivity contribution is 7.98. The lowest BCUT2D eigenvalue weighted by Crippen LogP contribution is -2.26. The first-order valence-corrected chi connectivity index (χ1v) is 6.90. The van der Waals surface area contributed by atoms with Crippen molar-refractivity contribution in [3.8, 4) is 0 Å². The van der Waals surface area contributed by atoms with Gasteiger partial charge in [-0.2, -0.15) is 11.8 Å². The van der Waals surface area contributed by atoms with Crippen LogP contribution in [0.1, 0.15) is 24.5 Å². The second-order valence-electron chi connectivity index (χ2n) is 3.99. The van der Waals surface area contributed by atoms with Crippen molar-refractivity contribution >= 4 is 11.8 Å². The molecule has 1 aromatic carbocycles. The topological polar surface area (TPSA) is 12.0 Å². The van der Waals surface area contributed by atoms with E-state index in [2.05, 4.69) is 49.7 Å². The normalized spacial score (nSPS) is 12.7. The third-order valence-corrected chi connectivity index (χ3v) is 3.30. The number of nitrogens with one attached hydrogen (secondary N) is 1. The van der Waals surface area contributed by atoms with Gasteiger partial charge >= 0.3 is 0 Å². The lowest BCUT2D eigenvalue weighted by Gasteiger charge is -2.14. The van der Waals surface area contributed by atoms with Crippen molar-refractivity contribution in [3.63, 3.8) is 0 Å². The molecule has 0 aliphatic heterocycles. The maximum atomic E-state index is 3.56. The molecule has 1 atom stereocenters. The van der Waals surface area contributed by atoms with Gasteiger partial charge in [-0.05, 0) is 43.4 Å². The van der Waals surface area contributed by atoms with Gasteiger partial charge in [0.15, 0.2) is 0 Å². The van der Waals surface area contributed by atoms with E-state index < -0.39 is 0 Å². The first-order valence-electron chi connectivity index (χ1n) is 5.51. The molecule has 0 saturated carbocycles. The summed E-state index contributed by atoms with van der Waals surface area (Å²) in [4.78, 5) is 0. The van der Waals surface area contributed by atoms with Gasteiger partial charge in [0.2, 0.25) is 0 Å². The molecular formula is C13H21NS. The van der Waals surface area contributed by atoms with Crippen LogP contribution in [-0.4, -0.2) is 18.1 Å². The molecule has 1 unspecified atom stereocenters. The number of hydrogen-bond acceptors (Lipinski definition) is 2. The van der Waals surface area contributed by atoms with Crippen molar-refractivity contribution in [1.82, 2.24) is 5.32 Å². The van der Waals surface area contributed by atoms with E-state index in [1.807, 2.05) is 11.8 Å². The molecule has 0 heterocycles. The molecule has 0 spiro atoms. The number of thioether (sulfide) groups is 1. The summed E-state index contributed by atoms with van der Waals surface area (Å²) >= 11 is 1.91. The maximum Gasteiger partial charge on any atom is 0.0210 e. The minimum Gasteiger partial charge on any atom is -0.310 e. The highest BCUT2D eigenvalue weighted by Crippen LogP contribution is 2.07. The van der Waals surface area contributed by atoms with Crippen LogP contribution in [0.3, 0.4) is 0 Å². The second kappa shape index (κ2) is 6.91. The van der Waals surface area contributed by atoms with Crippen LogP contribution in [-0.2, 0) is 6.54 Å². The summed E-state index contributed by atoms with van der Waals surface area (Å²) in [5.74, 6) is 1.24. The van der Waals surface area contributed by atoms with Crippen LogP contribution in [0.5, 0.6) is 0 Å². The van der Waals surface area contributed by atoms with Gasteiger partial charge in [-0.25, -0.2) is 0 Å². The van der Waals surface area contributed by atoms with E-state index in [0.717, 1.165) is 6.54 Å². The molecule has 1 nitrogen and oxygen atoms in total.